The van der Waals surface area contributed by atoms with Gasteiger partial charge in [-0.1, -0.05) is 0 Å². The number of nitrogens with zero attached hydrogens (tertiary/aromatic N) is 1. The molecule has 1 aliphatic heterocycles. The first-order valence-electron chi connectivity index (χ1n) is 5.88. The average Bonchev–Trinajstić information content (AvgIpc) is 2.89. The number of amides is 1. The Morgan fingerprint density at radius 2 is 2.37 bits per heavy atom. The lowest BCUT2D eigenvalue weighted by Gasteiger charge is -2.10. The SMILES string of the molecule is O=C(NCC1CCSC1)c1cc([N+](=O)[O-])ccc1I. The molecular formula is C12H13IN2O3S. The molecule has 1 saturated heterocycles. The third kappa shape index (κ3) is 3.82. The summed E-state index contributed by atoms with van der Waals surface area (Å²) in [5.74, 6) is 2.51. The van der Waals surface area contributed by atoms with Crippen LogP contribution in [0.4, 0.5) is 5.69 Å². The molecule has 0 bridgehead atoms. The van der Waals surface area contributed by atoms with Crippen molar-refractivity contribution in [3.05, 3.63) is 37.4 Å². The Bertz CT molecular complexity index is 504. The van der Waals surface area contributed by atoms with Crippen LogP contribution < -0.4 is 5.32 Å². The van der Waals surface area contributed by atoms with Crippen molar-refractivity contribution in [2.75, 3.05) is 18.1 Å². The second-order valence-corrected chi connectivity index (χ2v) is 6.67. The predicted molar refractivity (Wildman–Crippen MR) is 83.6 cm³/mol. The average molecular weight is 392 g/mol. The summed E-state index contributed by atoms with van der Waals surface area (Å²) in [6, 6.07) is 4.34. The highest BCUT2D eigenvalue weighted by molar-refractivity contribution is 14.1. The molecule has 1 unspecified atom stereocenters. The second kappa shape index (κ2) is 6.56. The van der Waals surface area contributed by atoms with Gasteiger partial charge in [0.15, 0.2) is 0 Å². The number of nitro groups is 1. The van der Waals surface area contributed by atoms with Gasteiger partial charge in [0, 0.05) is 22.2 Å². The first kappa shape index (κ1) is 14.6. The quantitative estimate of drug-likeness (QED) is 0.486. The summed E-state index contributed by atoms with van der Waals surface area (Å²) < 4.78 is 0.724. The van der Waals surface area contributed by atoms with Crippen LogP contribution in [0.25, 0.3) is 0 Å². The van der Waals surface area contributed by atoms with Crippen molar-refractivity contribution in [3.8, 4) is 0 Å². The molecule has 1 amide bonds. The monoisotopic (exact) mass is 392 g/mol. The first-order chi connectivity index (χ1) is 9.08. The number of thioether (sulfide) groups is 1. The summed E-state index contributed by atoms with van der Waals surface area (Å²) in [4.78, 5) is 22.3. The molecule has 0 saturated carbocycles. The van der Waals surface area contributed by atoms with Crippen LogP contribution in [0.2, 0.25) is 0 Å². The number of benzene rings is 1. The van der Waals surface area contributed by atoms with Crippen molar-refractivity contribution >= 4 is 45.9 Å². The van der Waals surface area contributed by atoms with Crippen LogP contribution in [0.5, 0.6) is 0 Å². The van der Waals surface area contributed by atoms with E-state index in [0.29, 0.717) is 18.0 Å². The molecule has 7 heteroatoms. The maximum absolute atomic E-state index is 12.1. The van der Waals surface area contributed by atoms with Crippen LogP contribution in [0.3, 0.4) is 0 Å². The largest absolute Gasteiger partial charge is 0.352 e. The number of hydrogen-bond donors (Lipinski definition) is 1. The van der Waals surface area contributed by atoms with Gasteiger partial charge in [-0.15, -0.1) is 0 Å². The summed E-state index contributed by atoms with van der Waals surface area (Å²) in [5, 5.41) is 13.6. The lowest BCUT2D eigenvalue weighted by Crippen LogP contribution is -2.29. The van der Waals surface area contributed by atoms with Crippen molar-refractivity contribution in [3.63, 3.8) is 0 Å². The van der Waals surface area contributed by atoms with Crippen LogP contribution in [0, 0.1) is 19.6 Å². The molecular weight excluding hydrogens is 379 g/mol. The fourth-order valence-corrected chi connectivity index (χ4v) is 3.74. The Balaban J connectivity index is 2.04. The topological polar surface area (TPSA) is 72.2 Å². The first-order valence-corrected chi connectivity index (χ1v) is 8.11. The zero-order valence-corrected chi connectivity index (χ0v) is 13.1. The van der Waals surface area contributed by atoms with Gasteiger partial charge in [-0.2, -0.15) is 11.8 Å². The van der Waals surface area contributed by atoms with E-state index in [1.807, 2.05) is 34.4 Å². The molecule has 0 radical (unpaired) electrons. The van der Waals surface area contributed by atoms with E-state index in [-0.39, 0.29) is 11.6 Å². The zero-order valence-electron chi connectivity index (χ0n) is 10.1. The molecule has 0 aromatic heterocycles. The predicted octanol–water partition coefficient (Wildman–Crippen LogP) is 2.68. The molecule has 1 fully saturated rings. The van der Waals surface area contributed by atoms with Gasteiger partial charge in [-0.3, -0.25) is 14.9 Å². The molecule has 2 rings (SSSR count). The summed E-state index contributed by atoms with van der Waals surface area (Å²) >= 11 is 3.91. The van der Waals surface area contributed by atoms with Crippen molar-refractivity contribution in [1.82, 2.24) is 5.32 Å². The van der Waals surface area contributed by atoms with E-state index in [9.17, 15) is 14.9 Å². The number of hydrogen-bond acceptors (Lipinski definition) is 4. The molecule has 1 heterocycles. The maximum Gasteiger partial charge on any atom is 0.270 e. The van der Waals surface area contributed by atoms with Crippen molar-refractivity contribution in [2.24, 2.45) is 5.92 Å². The van der Waals surface area contributed by atoms with E-state index in [1.54, 1.807) is 6.07 Å². The van der Waals surface area contributed by atoms with Gasteiger partial charge in [-0.25, -0.2) is 0 Å². The van der Waals surface area contributed by atoms with Gasteiger partial charge in [0.05, 0.1) is 10.5 Å². The number of nitro benzene ring substituents is 1. The molecule has 5 nitrogen and oxygen atoms in total. The minimum absolute atomic E-state index is 0.0537. The zero-order chi connectivity index (χ0) is 13.8. The van der Waals surface area contributed by atoms with Crippen LogP contribution in [-0.4, -0.2) is 28.9 Å². The summed E-state index contributed by atoms with van der Waals surface area (Å²) in [7, 11) is 0. The number of nitrogens with one attached hydrogen (secondary N) is 1. The van der Waals surface area contributed by atoms with E-state index in [1.165, 1.54) is 12.1 Å². The van der Waals surface area contributed by atoms with Crippen molar-refractivity contribution in [2.45, 2.75) is 6.42 Å². The fourth-order valence-electron chi connectivity index (χ4n) is 1.88. The normalized spacial score (nSPS) is 18.3. The molecule has 1 aromatic rings. The maximum atomic E-state index is 12.1. The van der Waals surface area contributed by atoms with Crippen molar-refractivity contribution < 1.29 is 9.72 Å². The molecule has 1 aliphatic rings. The molecule has 0 aliphatic carbocycles. The second-order valence-electron chi connectivity index (χ2n) is 4.36. The fraction of sp³-hybridized carbons (Fsp3) is 0.417. The highest BCUT2D eigenvalue weighted by Gasteiger charge is 2.19. The van der Waals surface area contributed by atoms with E-state index in [4.69, 9.17) is 0 Å². The van der Waals surface area contributed by atoms with Crippen LogP contribution in [0.15, 0.2) is 18.2 Å². The number of halogens is 1. The third-order valence-corrected chi connectivity index (χ3v) is 5.15. The lowest BCUT2D eigenvalue weighted by molar-refractivity contribution is -0.384. The van der Waals surface area contributed by atoms with Gasteiger partial charge >= 0.3 is 0 Å². The Hall–Kier alpha value is -0.830. The number of rotatable bonds is 4. The molecule has 1 N–H and O–H groups in total. The summed E-state index contributed by atoms with van der Waals surface area (Å²) in [6.07, 6.45) is 1.12. The van der Waals surface area contributed by atoms with Crippen molar-refractivity contribution in [1.29, 1.82) is 0 Å². The van der Waals surface area contributed by atoms with E-state index in [2.05, 4.69) is 5.32 Å². The van der Waals surface area contributed by atoms with Crippen LogP contribution in [-0.2, 0) is 0 Å². The van der Waals surface area contributed by atoms with Gasteiger partial charge in [0.1, 0.15) is 0 Å². The van der Waals surface area contributed by atoms with E-state index < -0.39 is 4.92 Å². The highest BCUT2D eigenvalue weighted by Crippen LogP contribution is 2.23. The van der Waals surface area contributed by atoms with Gasteiger partial charge < -0.3 is 5.32 Å². The number of carbonyl (C=O) groups excluding carboxylic acids is 1. The third-order valence-electron chi connectivity index (χ3n) is 2.98. The summed E-state index contributed by atoms with van der Waals surface area (Å²) in [5.41, 5.74) is 0.322. The lowest BCUT2D eigenvalue weighted by atomic mass is 10.1. The summed E-state index contributed by atoms with van der Waals surface area (Å²) in [6.45, 7) is 0.643. The molecule has 102 valence electrons. The van der Waals surface area contributed by atoms with Gasteiger partial charge in [0.2, 0.25) is 0 Å². The number of carbonyl (C=O) groups is 1. The smallest absolute Gasteiger partial charge is 0.270 e. The molecule has 1 aromatic carbocycles. The minimum Gasteiger partial charge on any atom is -0.352 e. The van der Waals surface area contributed by atoms with Crippen LogP contribution in [0.1, 0.15) is 16.8 Å². The van der Waals surface area contributed by atoms with Gasteiger partial charge in [0.25, 0.3) is 11.6 Å². The Labute approximate surface area is 128 Å². The van der Waals surface area contributed by atoms with Crippen LogP contribution >= 0.6 is 34.4 Å². The van der Waals surface area contributed by atoms with E-state index in [0.717, 1.165) is 21.5 Å². The molecule has 0 spiro atoms. The van der Waals surface area contributed by atoms with Gasteiger partial charge in [-0.05, 0) is 52.5 Å². The Kier molecular flexibility index (Phi) is 5.03. The molecule has 19 heavy (non-hydrogen) atoms. The number of non-ortho nitro benzene ring substituents is 1. The Morgan fingerprint density at radius 3 is 3.00 bits per heavy atom. The highest BCUT2D eigenvalue weighted by atomic mass is 127. The standard InChI is InChI=1S/C12H13IN2O3S/c13-11-2-1-9(15(17)18)5-10(11)12(16)14-6-8-3-4-19-7-8/h1-2,5,8H,3-4,6-7H2,(H,14,16). The Morgan fingerprint density at radius 1 is 1.58 bits per heavy atom. The molecule has 1 atom stereocenters. The minimum atomic E-state index is -0.486. The van der Waals surface area contributed by atoms with E-state index >= 15 is 0 Å².